The third kappa shape index (κ3) is 3.43. The number of aryl methyl sites for hydroxylation is 1. The van der Waals surface area contributed by atoms with Crippen LogP contribution < -0.4 is 16.2 Å². The first kappa shape index (κ1) is 14.1. The topological polar surface area (TPSA) is 76.0 Å². The van der Waals surface area contributed by atoms with E-state index in [2.05, 4.69) is 15.7 Å². The molecule has 2 heterocycles. The van der Waals surface area contributed by atoms with E-state index in [1.54, 1.807) is 6.07 Å². The molecule has 1 amide bonds. The maximum atomic E-state index is 12.1. The van der Waals surface area contributed by atoms with Crippen LogP contribution in [0.5, 0.6) is 0 Å². The Morgan fingerprint density at radius 3 is 2.95 bits per heavy atom. The Labute approximate surface area is 123 Å². The summed E-state index contributed by atoms with van der Waals surface area (Å²) in [6.45, 7) is 0.892. The Morgan fingerprint density at radius 1 is 1.33 bits per heavy atom. The van der Waals surface area contributed by atoms with Crippen molar-refractivity contribution >= 4 is 11.6 Å². The van der Waals surface area contributed by atoms with Crippen molar-refractivity contribution in [3.05, 3.63) is 22.1 Å². The van der Waals surface area contributed by atoms with Crippen molar-refractivity contribution in [1.82, 2.24) is 15.1 Å². The monoisotopic (exact) mass is 290 g/mol. The molecule has 2 aliphatic rings. The van der Waals surface area contributed by atoms with E-state index in [-0.39, 0.29) is 24.1 Å². The zero-order valence-electron chi connectivity index (χ0n) is 12.2. The van der Waals surface area contributed by atoms with Crippen molar-refractivity contribution in [3.63, 3.8) is 0 Å². The second-order valence-corrected chi connectivity index (χ2v) is 5.93. The highest BCUT2D eigenvalue weighted by Gasteiger charge is 2.18. The van der Waals surface area contributed by atoms with Crippen molar-refractivity contribution in [1.29, 1.82) is 0 Å². The van der Waals surface area contributed by atoms with Crippen LogP contribution in [0.15, 0.2) is 10.9 Å². The van der Waals surface area contributed by atoms with Crippen molar-refractivity contribution < 1.29 is 4.79 Å². The first-order valence-corrected chi connectivity index (χ1v) is 7.86. The molecule has 1 fully saturated rings. The minimum absolute atomic E-state index is 0.0165. The number of nitrogens with one attached hydrogen (secondary N) is 2. The van der Waals surface area contributed by atoms with E-state index in [0.717, 1.165) is 43.6 Å². The number of anilines is 1. The Morgan fingerprint density at radius 2 is 2.14 bits per heavy atom. The molecular formula is C15H22N4O2. The second kappa shape index (κ2) is 6.28. The van der Waals surface area contributed by atoms with E-state index in [1.165, 1.54) is 23.9 Å². The zero-order valence-corrected chi connectivity index (χ0v) is 12.2. The van der Waals surface area contributed by atoms with Gasteiger partial charge in [-0.3, -0.25) is 9.59 Å². The molecule has 0 aromatic carbocycles. The van der Waals surface area contributed by atoms with Crippen LogP contribution in [-0.2, 0) is 17.8 Å². The third-order valence-corrected chi connectivity index (χ3v) is 4.24. The molecule has 1 saturated carbocycles. The molecule has 1 aromatic rings. The summed E-state index contributed by atoms with van der Waals surface area (Å²) in [7, 11) is 0. The number of nitrogens with zero attached hydrogens (tertiary/aromatic N) is 2. The summed E-state index contributed by atoms with van der Waals surface area (Å²) in [6, 6.07) is 1.82. The summed E-state index contributed by atoms with van der Waals surface area (Å²) < 4.78 is 1.28. The average molecular weight is 290 g/mol. The number of aromatic nitrogens is 2. The first-order valence-electron chi connectivity index (χ1n) is 7.86. The van der Waals surface area contributed by atoms with Gasteiger partial charge in [0, 0.05) is 18.7 Å². The Bertz CT molecular complexity index is 576. The minimum Gasteiger partial charge on any atom is -0.383 e. The van der Waals surface area contributed by atoms with Crippen LogP contribution in [-0.4, -0.2) is 28.3 Å². The number of carbonyl (C=O) groups is 1. The van der Waals surface area contributed by atoms with Crippen molar-refractivity contribution in [2.24, 2.45) is 0 Å². The minimum atomic E-state index is -0.220. The molecule has 1 aliphatic heterocycles. The fourth-order valence-electron chi connectivity index (χ4n) is 3.12. The fraction of sp³-hybridized carbons (Fsp3) is 0.667. The van der Waals surface area contributed by atoms with Crippen LogP contribution in [0, 0.1) is 0 Å². The molecule has 0 saturated heterocycles. The van der Waals surface area contributed by atoms with Gasteiger partial charge in [0.1, 0.15) is 6.54 Å². The van der Waals surface area contributed by atoms with Crippen molar-refractivity contribution in [2.75, 3.05) is 11.9 Å². The number of amides is 1. The maximum absolute atomic E-state index is 12.1. The molecule has 0 atom stereocenters. The lowest BCUT2D eigenvalue weighted by Gasteiger charge is -2.23. The van der Waals surface area contributed by atoms with E-state index >= 15 is 0 Å². The van der Waals surface area contributed by atoms with E-state index in [1.807, 2.05) is 0 Å². The number of rotatable bonds is 3. The zero-order chi connectivity index (χ0) is 14.7. The number of fused-ring (bicyclic) bond motifs is 1. The Kier molecular flexibility index (Phi) is 4.22. The van der Waals surface area contributed by atoms with Gasteiger partial charge >= 0.3 is 0 Å². The van der Waals surface area contributed by atoms with E-state index in [4.69, 9.17) is 0 Å². The maximum Gasteiger partial charge on any atom is 0.269 e. The lowest BCUT2D eigenvalue weighted by atomic mass is 9.95. The van der Waals surface area contributed by atoms with E-state index in [0.29, 0.717) is 0 Å². The normalized spacial score (nSPS) is 18.7. The summed E-state index contributed by atoms with van der Waals surface area (Å²) in [5, 5.41) is 10.5. The molecule has 0 bridgehead atoms. The SMILES string of the molecule is O=C(Cn1nc2c(cc1=O)NCCC2)NC1CCCCC1. The second-order valence-electron chi connectivity index (χ2n) is 5.93. The number of carbonyl (C=O) groups excluding carboxylic acids is 1. The summed E-state index contributed by atoms with van der Waals surface area (Å²) >= 11 is 0. The first-order chi connectivity index (χ1) is 10.2. The molecule has 6 heteroatoms. The van der Waals surface area contributed by atoms with Crippen LogP contribution in [0.3, 0.4) is 0 Å². The molecule has 114 valence electrons. The van der Waals surface area contributed by atoms with Crippen molar-refractivity contribution in [2.45, 2.75) is 57.5 Å². The van der Waals surface area contributed by atoms with Crippen LogP contribution in [0.2, 0.25) is 0 Å². The van der Waals surface area contributed by atoms with Gasteiger partial charge < -0.3 is 10.6 Å². The summed E-state index contributed by atoms with van der Waals surface area (Å²) in [5.41, 5.74) is 1.48. The molecule has 3 rings (SSSR count). The molecule has 6 nitrogen and oxygen atoms in total. The Hall–Kier alpha value is -1.85. The van der Waals surface area contributed by atoms with Gasteiger partial charge in [0.25, 0.3) is 5.56 Å². The van der Waals surface area contributed by atoms with Gasteiger partial charge in [-0.1, -0.05) is 19.3 Å². The quantitative estimate of drug-likeness (QED) is 0.872. The van der Waals surface area contributed by atoms with Gasteiger partial charge in [-0.25, -0.2) is 4.68 Å². The molecule has 0 radical (unpaired) electrons. The number of hydrogen-bond acceptors (Lipinski definition) is 4. The highest BCUT2D eigenvalue weighted by molar-refractivity contribution is 5.76. The molecule has 0 unspecified atom stereocenters. The summed E-state index contributed by atoms with van der Waals surface area (Å²) in [6.07, 6.45) is 7.55. The highest BCUT2D eigenvalue weighted by Crippen LogP contribution is 2.18. The van der Waals surface area contributed by atoms with Gasteiger partial charge in [0.15, 0.2) is 0 Å². The van der Waals surface area contributed by atoms with Crippen LogP contribution >= 0.6 is 0 Å². The molecular weight excluding hydrogens is 268 g/mol. The smallest absolute Gasteiger partial charge is 0.269 e. The highest BCUT2D eigenvalue weighted by atomic mass is 16.2. The van der Waals surface area contributed by atoms with Crippen LogP contribution in [0.4, 0.5) is 5.69 Å². The van der Waals surface area contributed by atoms with E-state index < -0.39 is 0 Å². The van der Waals surface area contributed by atoms with Crippen LogP contribution in [0.25, 0.3) is 0 Å². The standard InChI is InChI=1S/C15H22N4O2/c20-14(17-11-5-2-1-3-6-11)10-19-15(21)9-13-12(18-19)7-4-8-16-13/h9,11,16H,1-8,10H2,(H,17,20). The molecule has 1 aliphatic carbocycles. The lowest BCUT2D eigenvalue weighted by Crippen LogP contribution is -2.40. The predicted molar refractivity (Wildman–Crippen MR) is 80.3 cm³/mol. The van der Waals surface area contributed by atoms with Gasteiger partial charge in [-0.2, -0.15) is 5.10 Å². The van der Waals surface area contributed by atoms with Gasteiger partial charge in [-0.05, 0) is 25.7 Å². The van der Waals surface area contributed by atoms with Gasteiger partial charge in [0.2, 0.25) is 5.91 Å². The number of hydrogen-bond donors (Lipinski definition) is 2. The van der Waals surface area contributed by atoms with Gasteiger partial charge in [-0.15, -0.1) is 0 Å². The molecule has 21 heavy (non-hydrogen) atoms. The molecule has 1 aromatic heterocycles. The summed E-state index contributed by atoms with van der Waals surface area (Å²) in [4.78, 5) is 24.1. The average Bonchev–Trinajstić information content (AvgIpc) is 2.49. The lowest BCUT2D eigenvalue weighted by molar-refractivity contribution is -0.122. The largest absolute Gasteiger partial charge is 0.383 e. The Balaban J connectivity index is 1.66. The third-order valence-electron chi connectivity index (χ3n) is 4.24. The molecule has 0 spiro atoms. The predicted octanol–water partition coefficient (Wildman–Crippen LogP) is 1.05. The molecule has 2 N–H and O–H groups in total. The summed E-state index contributed by atoms with van der Waals surface area (Å²) in [5.74, 6) is -0.111. The van der Waals surface area contributed by atoms with E-state index in [9.17, 15) is 9.59 Å². The van der Waals surface area contributed by atoms with Gasteiger partial charge in [0.05, 0.1) is 11.4 Å². The fourth-order valence-corrected chi connectivity index (χ4v) is 3.12. The van der Waals surface area contributed by atoms with Crippen LogP contribution in [0.1, 0.15) is 44.2 Å². The van der Waals surface area contributed by atoms with Crippen molar-refractivity contribution in [3.8, 4) is 0 Å².